The summed E-state index contributed by atoms with van der Waals surface area (Å²) in [5, 5.41) is 10.1. The molecule has 1 N–H and O–H groups in total. The number of aliphatic hydroxyl groups excluding tert-OH is 1. The topological polar surface area (TPSA) is 50.4 Å². The molecule has 1 aromatic heterocycles. The standard InChI is InChI=1S/C22H24O3/c1-13(2)16-7-8-18(19(10-16)14(3)4)20-11-17-6-5-15(12-23)9-21(17)25-22(20)24/h5-11,13-14,23H,12H2,1-4H3. The molecule has 1 heterocycles. The van der Waals surface area contributed by atoms with Gasteiger partial charge in [-0.25, -0.2) is 4.79 Å². The third-order valence-corrected chi connectivity index (χ3v) is 4.64. The van der Waals surface area contributed by atoms with Crippen molar-refractivity contribution >= 4 is 11.0 Å². The Hall–Kier alpha value is -2.39. The van der Waals surface area contributed by atoms with Crippen molar-refractivity contribution in [3.63, 3.8) is 0 Å². The molecule has 25 heavy (non-hydrogen) atoms. The first-order chi connectivity index (χ1) is 11.9. The Bertz CT molecular complexity index is 965. The van der Waals surface area contributed by atoms with Crippen molar-refractivity contribution in [2.24, 2.45) is 0 Å². The van der Waals surface area contributed by atoms with Crippen LogP contribution in [0.25, 0.3) is 22.1 Å². The second kappa shape index (κ2) is 6.85. The predicted octanol–water partition coefficient (Wildman–Crippen LogP) is 5.20. The van der Waals surface area contributed by atoms with Crippen molar-refractivity contribution in [1.29, 1.82) is 0 Å². The van der Waals surface area contributed by atoms with E-state index in [0.29, 0.717) is 23.0 Å². The van der Waals surface area contributed by atoms with Gasteiger partial charge >= 0.3 is 5.63 Å². The number of benzene rings is 2. The van der Waals surface area contributed by atoms with Gasteiger partial charge in [-0.05, 0) is 46.2 Å². The number of aliphatic hydroxyl groups is 1. The van der Waals surface area contributed by atoms with Crippen LogP contribution in [0.3, 0.4) is 0 Å². The van der Waals surface area contributed by atoms with E-state index in [1.54, 1.807) is 6.07 Å². The Morgan fingerprint density at radius 2 is 1.68 bits per heavy atom. The zero-order chi connectivity index (χ0) is 18.1. The molecule has 0 unspecified atom stereocenters. The van der Waals surface area contributed by atoms with Crippen molar-refractivity contribution in [2.75, 3.05) is 0 Å². The molecule has 2 aromatic carbocycles. The zero-order valence-electron chi connectivity index (χ0n) is 15.2. The SMILES string of the molecule is CC(C)c1ccc(-c2cc3ccc(CO)cc3oc2=O)c(C(C)C)c1. The first-order valence-electron chi connectivity index (χ1n) is 8.72. The van der Waals surface area contributed by atoms with Gasteiger partial charge in [0, 0.05) is 5.39 Å². The summed E-state index contributed by atoms with van der Waals surface area (Å²) in [5.41, 5.74) is 4.83. The second-order valence-electron chi connectivity index (χ2n) is 7.13. The molecule has 130 valence electrons. The monoisotopic (exact) mass is 336 g/mol. The van der Waals surface area contributed by atoms with E-state index < -0.39 is 0 Å². The van der Waals surface area contributed by atoms with Crippen LogP contribution in [0.5, 0.6) is 0 Å². The molecule has 0 amide bonds. The first-order valence-corrected chi connectivity index (χ1v) is 8.72. The smallest absolute Gasteiger partial charge is 0.344 e. The highest BCUT2D eigenvalue weighted by molar-refractivity contribution is 5.83. The Labute approximate surface area is 147 Å². The van der Waals surface area contributed by atoms with E-state index in [1.807, 2.05) is 24.3 Å². The molecule has 0 saturated heterocycles. The van der Waals surface area contributed by atoms with Gasteiger partial charge in [-0.15, -0.1) is 0 Å². The summed E-state index contributed by atoms with van der Waals surface area (Å²) < 4.78 is 5.54. The van der Waals surface area contributed by atoms with Crippen LogP contribution < -0.4 is 5.63 Å². The fraction of sp³-hybridized carbons (Fsp3) is 0.318. The van der Waals surface area contributed by atoms with Crippen LogP contribution in [-0.2, 0) is 6.61 Å². The third-order valence-electron chi connectivity index (χ3n) is 4.64. The molecule has 0 radical (unpaired) electrons. The van der Waals surface area contributed by atoms with Crippen molar-refractivity contribution in [2.45, 2.75) is 46.1 Å². The van der Waals surface area contributed by atoms with Crippen LogP contribution >= 0.6 is 0 Å². The number of hydrogen-bond acceptors (Lipinski definition) is 3. The fourth-order valence-electron chi connectivity index (χ4n) is 3.11. The number of rotatable bonds is 4. The van der Waals surface area contributed by atoms with E-state index >= 15 is 0 Å². The van der Waals surface area contributed by atoms with Gasteiger partial charge in [0.2, 0.25) is 0 Å². The minimum Gasteiger partial charge on any atom is -0.422 e. The van der Waals surface area contributed by atoms with Crippen LogP contribution in [0.4, 0.5) is 0 Å². The summed E-state index contributed by atoms with van der Waals surface area (Å²) in [7, 11) is 0. The van der Waals surface area contributed by atoms with E-state index in [0.717, 1.165) is 22.1 Å². The molecule has 3 rings (SSSR count). The van der Waals surface area contributed by atoms with Gasteiger partial charge < -0.3 is 9.52 Å². The second-order valence-corrected chi connectivity index (χ2v) is 7.13. The Balaban J connectivity index is 2.22. The molecule has 0 aliphatic carbocycles. The fourth-order valence-corrected chi connectivity index (χ4v) is 3.11. The van der Waals surface area contributed by atoms with Gasteiger partial charge in [-0.1, -0.05) is 58.0 Å². The van der Waals surface area contributed by atoms with Crippen molar-refractivity contribution in [3.8, 4) is 11.1 Å². The highest BCUT2D eigenvalue weighted by atomic mass is 16.4. The van der Waals surface area contributed by atoms with E-state index in [4.69, 9.17) is 4.42 Å². The van der Waals surface area contributed by atoms with E-state index in [9.17, 15) is 9.90 Å². The summed E-state index contributed by atoms with van der Waals surface area (Å²) in [6.07, 6.45) is 0. The lowest BCUT2D eigenvalue weighted by Crippen LogP contribution is -2.06. The van der Waals surface area contributed by atoms with E-state index in [-0.39, 0.29) is 12.2 Å². The maximum Gasteiger partial charge on any atom is 0.344 e. The van der Waals surface area contributed by atoms with Gasteiger partial charge in [-0.2, -0.15) is 0 Å². The lowest BCUT2D eigenvalue weighted by atomic mass is 9.89. The van der Waals surface area contributed by atoms with Gasteiger partial charge in [0.1, 0.15) is 5.58 Å². The first kappa shape index (κ1) is 17.4. The molecule has 3 nitrogen and oxygen atoms in total. The lowest BCUT2D eigenvalue weighted by molar-refractivity contribution is 0.282. The average Bonchev–Trinajstić information content (AvgIpc) is 2.60. The van der Waals surface area contributed by atoms with E-state index in [2.05, 4.69) is 39.8 Å². The molecule has 0 bridgehead atoms. The van der Waals surface area contributed by atoms with Crippen LogP contribution in [0.15, 0.2) is 51.7 Å². The normalized spacial score (nSPS) is 11.6. The molecule has 0 aliphatic heterocycles. The summed E-state index contributed by atoms with van der Waals surface area (Å²) in [6.45, 7) is 8.54. The molecular weight excluding hydrogens is 312 g/mol. The predicted molar refractivity (Wildman–Crippen MR) is 102 cm³/mol. The summed E-state index contributed by atoms with van der Waals surface area (Å²) in [6, 6.07) is 13.6. The third kappa shape index (κ3) is 3.38. The Morgan fingerprint density at radius 3 is 2.32 bits per heavy atom. The maximum atomic E-state index is 12.6. The molecule has 0 fully saturated rings. The van der Waals surface area contributed by atoms with Crippen LogP contribution in [0.2, 0.25) is 0 Å². The molecule has 0 spiro atoms. The molecule has 3 heteroatoms. The van der Waals surface area contributed by atoms with Crippen LogP contribution in [0, 0.1) is 0 Å². The summed E-state index contributed by atoms with van der Waals surface area (Å²) >= 11 is 0. The van der Waals surface area contributed by atoms with Crippen molar-refractivity contribution in [3.05, 3.63) is 69.6 Å². The highest BCUT2D eigenvalue weighted by Gasteiger charge is 2.15. The molecule has 3 aromatic rings. The lowest BCUT2D eigenvalue weighted by Gasteiger charge is -2.16. The molecular formula is C22H24O3. The maximum absolute atomic E-state index is 12.6. The zero-order valence-corrected chi connectivity index (χ0v) is 15.2. The summed E-state index contributed by atoms with van der Waals surface area (Å²) in [4.78, 5) is 12.6. The van der Waals surface area contributed by atoms with Crippen LogP contribution in [0.1, 0.15) is 56.2 Å². The average molecular weight is 336 g/mol. The number of fused-ring (bicyclic) bond motifs is 1. The number of hydrogen-bond donors (Lipinski definition) is 1. The minimum atomic E-state index is -0.346. The summed E-state index contributed by atoms with van der Waals surface area (Å²) in [5.74, 6) is 0.747. The molecule has 0 saturated carbocycles. The minimum absolute atomic E-state index is 0.0738. The quantitative estimate of drug-likeness (QED) is 0.666. The van der Waals surface area contributed by atoms with Crippen LogP contribution in [-0.4, -0.2) is 5.11 Å². The molecule has 0 aliphatic rings. The van der Waals surface area contributed by atoms with Crippen molar-refractivity contribution in [1.82, 2.24) is 0 Å². The van der Waals surface area contributed by atoms with Gasteiger partial charge in [0.15, 0.2) is 0 Å². The van der Waals surface area contributed by atoms with Gasteiger partial charge in [0.25, 0.3) is 0 Å². The Morgan fingerprint density at radius 1 is 0.920 bits per heavy atom. The van der Waals surface area contributed by atoms with Gasteiger partial charge in [-0.3, -0.25) is 0 Å². The molecule has 0 atom stereocenters. The largest absolute Gasteiger partial charge is 0.422 e. The Kier molecular flexibility index (Phi) is 4.78. The van der Waals surface area contributed by atoms with E-state index in [1.165, 1.54) is 5.56 Å². The van der Waals surface area contributed by atoms with Crippen molar-refractivity contribution < 1.29 is 9.52 Å². The van der Waals surface area contributed by atoms with Gasteiger partial charge in [0.05, 0.1) is 12.2 Å². The highest BCUT2D eigenvalue weighted by Crippen LogP contribution is 2.32.